The van der Waals surface area contributed by atoms with Crippen LogP contribution in [0.1, 0.15) is 34.1 Å². The Bertz CT molecular complexity index is 479. The fourth-order valence-corrected chi connectivity index (χ4v) is 1.15. The maximum Gasteiger partial charge on any atom is 0.339 e. The summed E-state index contributed by atoms with van der Waals surface area (Å²) in [7, 11) is 0. The summed E-state index contributed by atoms with van der Waals surface area (Å²) < 4.78 is 9.60. The average molecular weight is 248 g/mol. The number of aromatic nitrogens is 1. The molecule has 0 unspecified atom stereocenters. The highest BCUT2D eigenvalue weighted by molar-refractivity contribution is 5.94. The molecule has 0 aromatic carbocycles. The maximum atomic E-state index is 11.5. The molecule has 0 aliphatic rings. The lowest BCUT2D eigenvalue weighted by molar-refractivity contribution is 0.0512. The van der Waals surface area contributed by atoms with Gasteiger partial charge in [0, 0.05) is 12.4 Å². The SMILES string of the molecule is CCOC(=O)c1cncc(C(=O)OCCC#N)c1. The molecule has 1 aromatic heterocycles. The molecule has 1 aromatic rings. The summed E-state index contributed by atoms with van der Waals surface area (Å²) in [5, 5.41) is 8.31. The molecule has 0 N–H and O–H groups in total. The second-order valence-electron chi connectivity index (χ2n) is 3.23. The van der Waals surface area contributed by atoms with Crippen LogP contribution in [0.3, 0.4) is 0 Å². The lowest BCUT2D eigenvalue weighted by Gasteiger charge is -2.04. The minimum atomic E-state index is -0.621. The summed E-state index contributed by atoms with van der Waals surface area (Å²) in [6.07, 6.45) is 2.72. The third-order valence-electron chi connectivity index (χ3n) is 1.93. The van der Waals surface area contributed by atoms with Crippen molar-refractivity contribution < 1.29 is 19.1 Å². The number of nitriles is 1. The van der Waals surface area contributed by atoms with Crippen molar-refractivity contribution in [2.24, 2.45) is 0 Å². The third kappa shape index (κ3) is 3.87. The van der Waals surface area contributed by atoms with Gasteiger partial charge >= 0.3 is 11.9 Å². The van der Waals surface area contributed by atoms with Gasteiger partial charge in [-0.2, -0.15) is 5.26 Å². The smallest absolute Gasteiger partial charge is 0.339 e. The van der Waals surface area contributed by atoms with Gasteiger partial charge in [0.2, 0.25) is 0 Å². The fourth-order valence-electron chi connectivity index (χ4n) is 1.15. The highest BCUT2D eigenvalue weighted by Gasteiger charge is 2.12. The number of esters is 2. The second-order valence-corrected chi connectivity index (χ2v) is 3.23. The van der Waals surface area contributed by atoms with Gasteiger partial charge in [-0.25, -0.2) is 9.59 Å². The molecular weight excluding hydrogens is 236 g/mol. The lowest BCUT2D eigenvalue weighted by Crippen LogP contribution is -2.10. The number of carbonyl (C=O) groups excluding carboxylic acids is 2. The van der Waals surface area contributed by atoms with Crippen LogP contribution in [0.2, 0.25) is 0 Å². The van der Waals surface area contributed by atoms with Gasteiger partial charge in [0.15, 0.2) is 0 Å². The van der Waals surface area contributed by atoms with Crippen molar-refractivity contribution in [2.75, 3.05) is 13.2 Å². The first kappa shape index (κ1) is 13.6. The van der Waals surface area contributed by atoms with Gasteiger partial charge < -0.3 is 9.47 Å². The van der Waals surface area contributed by atoms with E-state index in [1.807, 2.05) is 6.07 Å². The van der Waals surface area contributed by atoms with Gasteiger partial charge in [-0.3, -0.25) is 4.98 Å². The molecular formula is C12H12N2O4. The van der Waals surface area contributed by atoms with Crippen LogP contribution in [-0.4, -0.2) is 30.1 Å². The lowest BCUT2D eigenvalue weighted by atomic mass is 10.2. The predicted octanol–water partition coefficient (Wildman–Crippen LogP) is 1.33. The van der Waals surface area contributed by atoms with Crippen LogP contribution in [0.15, 0.2) is 18.5 Å². The van der Waals surface area contributed by atoms with Crippen LogP contribution < -0.4 is 0 Å². The Labute approximate surface area is 104 Å². The Kier molecular flexibility index (Phi) is 5.32. The molecule has 1 rings (SSSR count). The van der Waals surface area contributed by atoms with E-state index in [2.05, 4.69) is 4.98 Å². The summed E-state index contributed by atoms with van der Waals surface area (Å²) in [4.78, 5) is 26.7. The topological polar surface area (TPSA) is 89.3 Å². The fraction of sp³-hybridized carbons (Fsp3) is 0.333. The highest BCUT2D eigenvalue weighted by atomic mass is 16.5. The summed E-state index contributed by atoms with van der Waals surface area (Å²) in [6, 6.07) is 3.20. The average Bonchev–Trinajstić information content (AvgIpc) is 2.39. The van der Waals surface area contributed by atoms with E-state index < -0.39 is 11.9 Å². The minimum Gasteiger partial charge on any atom is -0.462 e. The normalized spacial score (nSPS) is 9.33. The number of carbonyl (C=O) groups is 2. The maximum absolute atomic E-state index is 11.5. The highest BCUT2D eigenvalue weighted by Crippen LogP contribution is 2.06. The van der Waals surface area contributed by atoms with Crippen molar-refractivity contribution in [3.63, 3.8) is 0 Å². The van der Waals surface area contributed by atoms with E-state index in [4.69, 9.17) is 14.7 Å². The monoisotopic (exact) mass is 248 g/mol. The van der Waals surface area contributed by atoms with Crippen LogP contribution >= 0.6 is 0 Å². The zero-order valence-electron chi connectivity index (χ0n) is 9.88. The quantitative estimate of drug-likeness (QED) is 0.576. The van der Waals surface area contributed by atoms with Gasteiger partial charge in [0.1, 0.15) is 6.61 Å². The van der Waals surface area contributed by atoms with Gasteiger partial charge in [0.05, 0.1) is 30.2 Å². The number of hydrogen-bond acceptors (Lipinski definition) is 6. The molecule has 1 heterocycles. The summed E-state index contributed by atoms with van der Waals surface area (Å²) >= 11 is 0. The zero-order chi connectivity index (χ0) is 13.4. The Morgan fingerprint density at radius 3 is 2.44 bits per heavy atom. The van der Waals surface area contributed by atoms with Crippen LogP contribution in [0.25, 0.3) is 0 Å². The van der Waals surface area contributed by atoms with E-state index in [9.17, 15) is 9.59 Å². The molecule has 0 aliphatic heterocycles. The molecule has 0 atom stereocenters. The van der Waals surface area contributed by atoms with Gasteiger partial charge in [0.25, 0.3) is 0 Å². The molecule has 0 bridgehead atoms. The first-order valence-corrected chi connectivity index (χ1v) is 5.35. The minimum absolute atomic E-state index is 0.0129. The van der Waals surface area contributed by atoms with E-state index in [0.717, 1.165) is 0 Å². The Morgan fingerprint density at radius 2 is 1.89 bits per heavy atom. The van der Waals surface area contributed by atoms with Crippen molar-refractivity contribution in [2.45, 2.75) is 13.3 Å². The first-order chi connectivity index (χ1) is 8.69. The van der Waals surface area contributed by atoms with Crippen LogP contribution in [0.4, 0.5) is 0 Å². The number of ether oxygens (including phenoxy) is 2. The summed E-state index contributed by atoms with van der Waals surface area (Å²) in [5.41, 5.74) is 0.338. The van der Waals surface area contributed by atoms with Crippen LogP contribution in [-0.2, 0) is 9.47 Å². The van der Waals surface area contributed by atoms with Gasteiger partial charge in [-0.1, -0.05) is 0 Å². The van der Waals surface area contributed by atoms with E-state index in [1.54, 1.807) is 6.92 Å². The van der Waals surface area contributed by atoms with Crippen molar-refractivity contribution in [1.29, 1.82) is 5.26 Å². The van der Waals surface area contributed by atoms with Gasteiger partial charge in [-0.15, -0.1) is 0 Å². The van der Waals surface area contributed by atoms with Crippen molar-refractivity contribution >= 4 is 11.9 Å². The molecule has 0 aliphatic carbocycles. The molecule has 0 amide bonds. The molecule has 0 spiro atoms. The third-order valence-corrected chi connectivity index (χ3v) is 1.93. The Hall–Kier alpha value is -2.42. The number of rotatable bonds is 5. The molecule has 6 nitrogen and oxygen atoms in total. The summed E-state index contributed by atoms with van der Waals surface area (Å²) in [6.45, 7) is 1.94. The Balaban J connectivity index is 2.73. The van der Waals surface area contributed by atoms with E-state index >= 15 is 0 Å². The number of pyridine rings is 1. The number of hydrogen-bond donors (Lipinski definition) is 0. The van der Waals surface area contributed by atoms with E-state index in [0.29, 0.717) is 0 Å². The molecule has 94 valence electrons. The predicted molar refractivity (Wildman–Crippen MR) is 60.7 cm³/mol. The molecule has 0 fully saturated rings. The molecule has 18 heavy (non-hydrogen) atoms. The summed E-state index contributed by atoms with van der Waals surface area (Å²) in [5.74, 6) is -1.17. The molecule has 6 heteroatoms. The largest absolute Gasteiger partial charge is 0.462 e. The molecule has 0 saturated carbocycles. The standard InChI is InChI=1S/C12H12N2O4/c1-2-17-11(15)9-6-10(8-14-7-9)12(16)18-5-3-4-13/h6-8H,2-3,5H2,1H3. The first-order valence-electron chi connectivity index (χ1n) is 5.35. The molecule has 0 saturated heterocycles. The van der Waals surface area contributed by atoms with Crippen molar-refractivity contribution in [3.8, 4) is 6.07 Å². The van der Waals surface area contributed by atoms with Crippen LogP contribution in [0, 0.1) is 11.3 Å². The van der Waals surface area contributed by atoms with Crippen molar-refractivity contribution in [1.82, 2.24) is 4.98 Å². The van der Waals surface area contributed by atoms with E-state index in [-0.39, 0.29) is 30.8 Å². The zero-order valence-corrected chi connectivity index (χ0v) is 9.88. The van der Waals surface area contributed by atoms with E-state index in [1.165, 1.54) is 18.5 Å². The van der Waals surface area contributed by atoms with Gasteiger partial charge in [-0.05, 0) is 13.0 Å². The van der Waals surface area contributed by atoms with Crippen LogP contribution in [0.5, 0.6) is 0 Å². The Morgan fingerprint density at radius 1 is 1.28 bits per heavy atom. The van der Waals surface area contributed by atoms with Crippen molar-refractivity contribution in [3.05, 3.63) is 29.6 Å². The second kappa shape index (κ2) is 7.01. The number of nitrogens with zero attached hydrogens (tertiary/aromatic N) is 2. The molecule has 0 radical (unpaired) electrons.